The normalized spacial score (nSPS) is 16.5. The maximum Gasteiger partial charge on any atom is 0.414 e. The van der Waals surface area contributed by atoms with Crippen LogP contribution in [0.15, 0.2) is 24.4 Å². The highest BCUT2D eigenvalue weighted by Gasteiger charge is 2.32. The number of aromatic nitrogens is 2. The number of aliphatic hydroxyl groups excluding tert-OH is 1. The summed E-state index contributed by atoms with van der Waals surface area (Å²) < 4.78 is 27.7. The maximum absolute atomic E-state index is 15.1. The zero-order valence-electron chi connectivity index (χ0n) is 21.4. The Kier molecular flexibility index (Phi) is 9.03. The summed E-state index contributed by atoms with van der Waals surface area (Å²) >= 11 is 0. The van der Waals surface area contributed by atoms with Crippen LogP contribution in [0.25, 0.3) is 5.69 Å². The third-order valence-electron chi connectivity index (χ3n) is 4.67. The van der Waals surface area contributed by atoms with Gasteiger partial charge in [0.2, 0.25) is 0 Å². The third kappa shape index (κ3) is 7.90. The predicted octanol–water partition coefficient (Wildman–Crippen LogP) is 3.90. The SMILES string of the molecule is CC(C)(C)O.C[SiH](C)OCc1nc(C(C)(C)C)cn1-c1ccc(N2C[C@H](CO)OC2=O)cc1F. The number of halogens is 1. The van der Waals surface area contributed by atoms with Crippen molar-refractivity contribution in [3.63, 3.8) is 0 Å². The van der Waals surface area contributed by atoms with Gasteiger partial charge in [0.15, 0.2) is 9.04 Å². The first-order chi connectivity index (χ1) is 15.6. The molecular weight excluding hydrogens is 457 g/mol. The fourth-order valence-corrected chi connectivity index (χ4v) is 3.50. The van der Waals surface area contributed by atoms with E-state index in [0.29, 0.717) is 23.8 Å². The molecule has 1 aliphatic heterocycles. The Labute approximate surface area is 203 Å². The number of hydrogen-bond donors (Lipinski definition) is 2. The average molecular weight is 496 g/mol. The minimum Gasteiger partial charge on any atom is -0.441 e. The first-order valence-corrected chi connectivity index (χ1v) is 14.2. The van der Waals surface area contributed by atoms with Crippen molar-refractivity contribution in [2.45, 2.75) is 78.4 Å². The number of hydrogen-bond acceptors (Lipinski definition) is 6. The molecule has 1 aromatic heterocycles. The molecule has 2 aromatic rings. The molecule has 10 heteroatoms. The van der Waals surface area contributed by atoms with Crippen molar-refractivity contribution in [2.75, 3.05) is 18.1 Å². The molecule has 1 fully saturated rings. The number of ether oxygens (including phenoxy) is 1. The maximum atomic E-state index is 15.1. The smallest absolute Gasteiger partial charge is 0.414 e. The lowest BCUT2D eigenvalue weighted by atomic mass is 9.93. The zero-order chi connectivity index (χ0) is 25.8. The highest BCUT2D eigenvalue weighted by atomic mass is 28.3. The number of rotatable bonds is 6. The molecule has 1 aliphatic rings. The van der Waals surface area contributed by atoms with Crippen LogP contribution in [-0.4, -0.2) is 59.8 Å². The molecule has 1 amide bonds. The largest absolute Gasteiger partial charge is 0.441 e. The molecule has 0 unspecified atom stereocenters. The van der Waals surface area contributed by atoms with Crippen LogP contribution in [-0.2, 0) is 21.2 Å². The Morgan fingerprint density at radius 3 is 2.32 bits per heavy atom. The van der Waals surface area contributed by atoms with Crippen LogP contribution in [0.1, 0.15) is 53.1 Å². The van der Waals surface area contributed by atoms with E-state index in [1.165, 1.54) is 11.0 Å². The van der Waals surface area contributed by atoms with Gasteiger partial charge in [-0.15, -0.1) is 0 Å². The van der Waals surface area contributed by atoms with Crippen LogP contribution in [0.2, 0.25) is 13.1 Å². The molecule has 0 bridgehead atoms. The van der Waals surface area contributed by atoms with Crippen LogP contribution in [0.5, 0.6) is 0 Å². The van der Waals surface area contributed by atoms with Crippen molar-refractivity contribution in [3.8, 4) is 5.69 Å². The summed E-state index contributed by atoms with van der Waals surface area (Å²) in [5.74, 6) is 0.160. The van der Waals surface area contributed by atoms with Crippen molar-refractivity contribution in [3.05, 3.63) is 41.7 Å². The molecule has 0 aliphatic carbocycles. The summed E-state index contributed by atoms with van der Waals surface area (Å²) in [6.45, 7) is 15.8. The number of aliphatic hydroxyl groups is 2. The van der Waals surface area contributed by atoms with Gasteiger partial charge in [0.05, 0.1) is 42.4 Å². The monoisotopic (exact) mass is 495 g/mol. The van der Waals surface area contributed by atoms with Crippen LogP contribution in [0, 0.1) is 5.82 Å². The van der Waals surface area contributed by atoms with E-state index in [1.54, 1.807) is 37.5 Å². The molecule has 1 saturated heterocycles. The summed E-state index contributed by atoms with van der Waals surface area (Å²) in [6.07, 6.45) is 0.645. The Balaban J connectivity index is 0.000000739. The van der Waals surface area contributed by atoms with Gasteiger partial charge in [-0.1, -0.05) is 20.8 Å². The van der Waals surface area contributed by atoms with E-state index >= 15 is 4.39 Å². The number of benzene rings is 1. The highest BCUT2D eigenvalue weighted by Crippen LogP contribution is 2.28. The molecule has 1 atom stereocenters. The molecule has 0 radical (unpaired) electrons. The molecule has 0 saturated carbocycles. The van der Waals surface area contributed by atoms with Gasteiger partial charge in [0, 0.05) is 11.6 Å². The van der Waals surface area contributed by atoms with E-state index in [0.717, 1.165) is 5.69 Å². The van der Waals surface area contributed by atoms with Crippen LogP contribution < -0.4 is 4.90 Å². The second kappa shape index (κ2) is 11.0. The van der Waals surface area contributed by atoms with Gasteiger partial charge in [-0.25, -0.2) is 14.2 Å². The number of imidazole rings is 1. The molecule has 1 aromatic carbocycles. The molecular formula is C24H38FN3O5Si. The molecule has 190 valence electrons. The lowest BCUT2D eigenvalue weighted by Gasteiger charge is -2.16. The van der Waals surface area contributed by atoms with E-state index in [4.69, 9.17) is 14.3 Å². The van der Waals surface area contributed by atoms with Crippen LogP contribution in [0.3, 0.4) is 0 Å². The summed E-state index contributed by atoms with van der Waals surface area (Å²) in [7, 11) is -1.27. The van der Waals surface area contributed by atoms with Crippen molar-refractivity contribution < 1.29 is 28.6 Å². The van der Waals surface area contributed by atoms with Crippen molar-refractivity contribution in [1.29, 1.82) is 0 Å². The highest BCUT2D eigenvalue weighted by molar-refractivity contribution is 6.48. The molecule has 34 heavy (non-hydrogen) atoms. The Morgan fingerprint density at radius 2 is 1.85 bits per heavy atom. The second-order valence-electron chi connectivity index (χ2n) is 10.6. The molecule has 2 heterocycles. The van der Waals surface area contributed by atoms with Crippen LogP contribution in [0.4, 0.5) is 14.9 Å². The Hall–Kier alpha value is -2.27. The van der Waals surface area contributed by atoms with Gasteiger partial charge < -0.3 is 19.4 Å². The van der Waals surface area contributed by atoms with E-state index in [2.05, 4.69) is 38.8 Å². The van der Waals surface area contributed by atoms with Gasteiger partial charge >= 0.3 is 6.09 Å². The molecule has 0 spiro atoms. The number of carbonyl (C=O) groups is 1. The number of amides is 1. The molecule has 8 nitrogen and oxygen atoms in total. The number of anilines is 1. The summed E-state index contributed by atoms with van der Waals surface area (Å²) in [5.41, 5.74) is 0.881. The van der Waals surface area contributed by atoms with Crippen molar-refractivity contribution in [1.82, 2.24) is 9.55 Å². The molecule has 3 rings (SSSR count). The summed E-state index contributed by atoms with van der Waals surface area (Å²) in [4.78, 5) is 18.0. The lowest BCUT2D eigenvalue weighted by molar-refractivity contribution is 0.0963. The standard InChI is InChI=1S/C20H28FN3O4Si.C4H10O/c1-20(2,3)17-10-24(18(22-17)12-27-29(4)5)16-7-6-13(8-15(16)21)23-9-14(11-25)28-19(23)26;1-4(2,3)5/h6-8,10,14,25,29H,9,11-12H2,1-5H3;5H,1-3H3/t14-;/m1./s1. The van der Waals surface area contributed by atoms with Crippen LogP contribution >= 0.6 is 0 Å². The first-order valence-electron chi connectivity index (χ1n) is 11.4. The van der Waals surface area contributed by atoms with E-state index in [1.807, 2.05) is 6.20 Å². The van der Waals surface area contributed by atoms with Gasteiger partial charge in [-0.2, -0.15) is 0 Å². The Bertz CT molecular complexity index is 976. The van der Waals surface area contributed by atoms with Gasteiger partial charge in [0.1, 0.15) is 17.7 Å². The first kappa shape index (κ1) is 28.0. The van der Waals surface area contributed by atoms with Gasteiger partial charge in [-0.05, 0) is 52.1 Å². The topological polar surface area (TPSA) is 97.1 Å². The minimum absolute atomic E-state index is 0.186. The minimum atomic E-state index is -1.27. The zero-order valence-corrected chi connectivity index (χ0v) is 22.6. The number of cyclic esters (lactones) is 1. The third-order valence-corrected chi connectivity index (χ3v) is 5.51. The van der Waals surface area contributed by atoms with Crippen molar-refractivity contribution >= 4 is 20.8 Å². The van der Waals surface area contributed by atoms with Gasteiger partial charge in [0.25, 0.3) is 0 Å². The lowest BCUT2D eigenvalue weighted by Crippen LogP contribution is -2.25. The number of nitrogens with zero attached hydrogens (tertiary/aromatic N) is 3. The fourth-order valence-electron chi connectivity index (χ4n) is 3.02. The van der Waals surface area contributed by atoms with Crippen molar-refractivity contribution in [2.24, 2.45) is 0 Å². The van der Waals surface area contributed by atoms with E-state index in [-0.39, 0.29) is 18.6 Å². The summed E-state index contributed by atoms with van der Waals surface area (Å²) in [5, 5.41) is 17.7. The number of carbonyl (C=O) groups excluding carboxylic acids is 1. The fraction of sp³-hybridized carbons (Fsp3) is 0.583. The molecule has 2 N–H and O–H groups in total. The predicted molar refractivity (Wildman–Crippen MR) is 133 cm³/mol. The summed E-state index contributed by atoms with van der Waals surface area (Å²) in [6, 6.07) is 4.58. The Morgan fingerprint density at radius 1 is 1.24 bits per heavy atom. The average Bonchev–Trinajstić information content (AvgIpc) is 3.28. The quantitative estimate of drug-likeness (QED) is 0.590. The van der Waals surface area contributed by atoms with E-state index < -0.39 is 32.7 Å². The second-order valence-corrected chi connectivity index (χ2v) is 13.1. The van der Waals surface area contributed by atoms with Gasteiger partial charge in [-0.3, -0.25) is 9.47 Å². The van der Waals surface area contributed by atoms with E-state index in [9.17, 15) is 9.90 Å².